The number of nitrogens with zero attached hydrogens (tertiary/aromatic N) is 7. The zero-order chi connectivity index (χ0) is 58.6. The van der Waals surface area contributed by atoms with Crippen molar-refractivity contribution in [3.8, 4) is 28.0 Å². The summed E-state index contributed by atoms with van der Waals surface area (Å²) in [6.45, 7) is 13.8. The number of anilines is 2. The molecule has 4 amide bonds. The fraction of sp³-hybridized carbons (Fsp3) is 0.397. The molecule has 3 saturated heterocycles. The lowest BCUT2D eigenvalue weighted by molar-refractivity contribution is -0.144. The molecule has 5 N–H and O–H groups in total. The quantitative estimate of drug-likeness (QED) is 0.0386. The second-order valence-corrected chi connectivity index (χ2v) is 26.2. The summed E-state index contributed by atoms with van der Waals surface area (Å²) in [7, 11) is 0. The fourth-order valence-electron chi connectivity index (χ4n) is 11.4. The topological polar surface area (TPSA) is 223 Å². The minimum atomic E-state index is -1.07. The van der Waals surface area contributed by atoms with Gasteiger partial charge in [-0.2, -0.15) is 0 Å². The number of aliphatic hydroxyl groups is 1. The first-order valence-electron chi connectivity index (χ1n) is 28.5. The number of aliphatic hydroxyl groups excluding tert-OH is 1. The Morgan fingerprint density at radius 3 is 2.42 bits per heavy atom. The van der Waals surface area contributed by atoms with Crippen molar-refractivity contribution in [2.45, 2.75) is 84.7 Å². The summed E-state index contributed by atoms with van der Waals surface area (Å²) in [5.74, 6) is 5.85. The van der Waals surface area contributed by atoms with Gasteiger partial charge in [0.2, 0.25) is 17.7 Å². The van der Waals surface area contributed by atoms with Crippen LogP contribution in [-0.2, 0) is 40.3 Å². The van der Waals surface area contributed by atoms with Crippen LogP contribution in [-0.4, -0.2) is 147 Å². The van der Waals surface area contributed by atoms with Crippen LogP contribution in [0.1, 0.15) is 87.3 Å². The number of carbonyl (C=O) groups is 5. The number of aromatic carboxylic acids is 1. The second-order valence-electron chi connectivity index (χ2n) is 23.3. The summed E-state index contributed by atoms with van der Waals surface area (Å²) in [6.07, 6.45) is 1.05. The molecule has 3 fully saturated rings. The Morgan fingerprint density at radius 1 is 0.893 bits per heavy atom. The number of aromatic nitrogens is 3. The van der Waals surface area contributed by atoms with E-state index in [4.69, 9.17) is 4.74 Å². The number of rotatable bonds is 19. The number of thiazole rings is 3. The van der Waals surface area contributed by atoms with Gasteiger partial charge in [0.25, 0.3) is 5.91 Å². The van der Waals surface area contributed by atoms with Crippen molar-refractivity contribution in [2.24, 2.45) is 17.3 Å². The van der Waals surface area contributed by atoms with Crippen LogP contribution in [0, 0.1) is 36.0 Å². The molecule has 21 heteroatoms. The molecule has 0 aliphatic carbocycles. The molecule has 11 rings (SSSR count). The second kappa shape index (κ2) is 25.3. The summed E-state index contributed by atoms with van der Waals surface area (Å²) in [4.78, 5) is 90.4. The predicted molar refractivity (Wildman–Crippen MR) is 326 cm³/mol. The number of fused-ring (bicyclic) bond motifs is 2. The molecule has 0 saturated carbocycles. The average molecular weight is 1190 g/mol. The van der Waals surface area contributed by atoms with E-state index in [1.807, 2.05) is 124 Å². The Labute approximate surface area is 500 Å². The summed E-state index contributed by atoms with van der Waals surface area (Å²) in [6, 6.07) is 27.4. The molecule has 84 heavy (non-hydrogen) atoms. The number of ether oxygens (including phenoxy) is 1. The maximum Gasteiger partial charge on any atom is 0.355 e. The molecule has 7 heterocycles. The van der Waals surface area contributed by atoms with Crippen LogP contribution in [0.2, 0.25) is 0 Å². The van der Waals surface area contributed by atoms with Crippen LogP contribution in [0.25, 0.3) is 20.7 Å². The van der Waals surface area contributed by atoms with Gasteiger partial charge in [-0.1, -0.05) is 92.5 Å². The van der Waals surface area contributed by atoms with Crippen molar-refractivity contribution in [2.75, 3.05) is 69.2 Å². The Bertz CT molecular complexity index is 3590. The van der Waals surface area contributed by atoms with Crippen molar-refractivity contribution in [3.05, 3.63) is 141 Å². The van der Waals surface area contributed by atoms with Crippen molar-refractivity contribution < 1.29 is 38.9 Å². The molecule has 436 valence electrons. The van der Waals surface area contributed by atoms with Gasteiger partial charge < -0.3 is 40.3 Å². The van der Waals surface area contributed by atoms with Crippen molar-refractivity contribution >= 4 is 84.1 Å². The van der Waals surface area contributed by atoms with E-state index in [1.54, 1.807) is 11.3 Å². The van der Waals surface area contributed by atoms with Crippen molar-refractivity contribution in [1.82, 2.24) is 40.3 Å². The van der Waals surface area contributed by atoms with E-state index in [2.05, 4.69) is 57.4 Å². The Morgan fingerprint density at radius 2 is 1.68 bits per heavy atom. The lowest BCUT2D eigenvalue weighted by Gasteiger charge is -2.45. The van der Waals surface area contributed by atoms with Crippen LogP contribution >= 0.6 is 34.0 Å². The molecule has 4 aromatic carbocycles. The molecule has 18 nitrogen and oxygen atoms in total. The van der Waals surface area contributed by atoms with Crippen LogP contribution in [0.4, 0.5) is 10.3 Å². The lowest BCUT2D eigenvalue weighted by Crippen LogP contribution is -2.60. The first-order valence-corrected chi connectivity index (χ1v) is 31.0. The molecule has 3 aromatic heterocycles. The number of hydrogen-bond donors (Lipinski definition) is 5. The summed E-state index contributed by atoms with van der Waals surface area (Å²) < 4.78 is 7.06. The van der Waals surface area contributed by atoms with E-state index >= 15 is 0 Å². The molecular weight excluding hydrogens is 1120 g/mol. The summed E-state index contributed by atoms with van der Waals surface area (Å²) in [5.41, 5.74) is 8.43. The fourth-order valence-corrected chi connectivity index (χ4v) is 14.2. The first-order chi connectivity index (χ1) is 40.5. The zero-order valence-corrected chi connectivity index (χ0v) is 49.9. The maximum absolute atomic E-state index is 14.2. The van der Waals surface area contributed by atoms with E-state index in [9.17, 15) is 34.2 Å². The maximum atomic E-state index is 14.2. The van der Waals surface area contributed by atoms with Gasteiger partial charge in [0.1, 0.15) is 17.8 Å². The number of likely N-dealkylation sites (tertiary alicyclic amines) is 3. The molecular formula is C63H68N10O8S3. The number of carboxylic acids is 1. The number of β-amino-alcohol motifs (C(OH)–C–C–N with tert-alkyl or cyclic N) is 1. The molecule has 4 aliphatic heterocycles. The molecule has 7 aromatic rings. The largest absolute Gasteiger partial charge is 0.494 e. The Kier molecular flexibility index (Phi) is 17.5. The van der Waals surface area contributed by atoms with Gasteiger partial charge >= 0.3 is 5.97 Å². The third-order valence-electron chi connectivity index (χ3n) is 15.9. The number of hydrogen-bond acceptors (Lipinski definition) is 16. The third-order valence-corrected chi connectivity index (χ3v) is 19.0. The van der Waals surface area contributed by atoms with E-state index in [1.165, 1.54) is 27.6 Å². The molecule has 0 unspecified atom stereocenters. The average Bonchev–Trinajstić information content (AvgIpc) is 4.40. The number of para-hydroxylation sites is 1. The van der Waals surface area contributed by atoms with Crippen molar-refractivity contribution in [3.63, 3.8) is 0 Å². The number of amides is 4. The van der Waals surface area contributed by atoms with Gasteiger partial charge in [-0.3, -0.25) is 29.4 Å². The molecule has 0 radical (unpaired) electrons. The number of carbonyl (C=O) groups excluding carboxylic acids is 4. The smallest absolute Gasteiger partial charge is 0.355 e. The van der Waals surface area contributed by atoms with Crippen LogP contribution < -0.4 is 25.6 Å². The van der Waals surface area contributed by atoms with E-state index in [0.29, 0.717) is 71.3 Å². The third kappa shape index (κ3) is 13.7. The lowest BCUT2D eigenvalue weighted by atomic mass is 9.85. The van der Waals surface area contributed by atoms with Gasteiger partial charge in [-0.25, -0.2) is 19.7 Å². The van der Waals surface area contributed by atoms with Gasteiger partial charge in [-0.05, 0) is 102 Å². The van der Waals surface area contributed by atoms with Gasteiger partial charge in [0.15, 0.2) is 16.0 Å². The number of aryl methyl sites for hydroxylation is 2. The van der Waals surface area contributed by atoms with E-state index in [0.717, 1.165) is 81.3 Å². The number of nitrogens with one attached hydrogen (secondary N) is 3. The molecule has 0 bridgehead atoms. The van der Waals surface area contributed by atoms with E-state index in [-0.39, 0.29) is 61.3 Å². The highest BCUT2D eigenvalue weighted by atomic mass is 32.1. The first kappa shape index (κ1) is 58.2. The normalized spacial score (nSPS) is 17.8. The highest BCUT2D eigenvalue weighted by Gasteiger charge is 2.45. The minimum Gasteiger partial charge on any atom is -0.494 e. The van der Waals surface area contributed by atoms with Crippen molar-refractivity contribution in [1.29, 1.82) is 0 Å². The van der Waals surface area contributed by atoms with Gasteiger partial charge in [-0.15, -0.1) is 22.7 Å². The van der Waals surface area contributed by atoms with Crippen LogP contribution in [0.15, 0.2) is 96.5 Å². The Hall–Kier alpha value is -7.58. The summed E-state index contributed by atoms with van der Waals surface area (Å²) >= 11 is 4.39. The zero-order valence-electron chi connectivity index (χ0n) is 47.4. The number of carboxylic acid groups (broad SMARTS) is 1. The monoisotopic (exact) mass is 1190 g/mol. The molecule has 3 atom stereocenters. The van der Waals surface area contributed by atoms with Gasteiger partial charge in [0, 0.05) is 87.2 Å². The molecule has 4 aliphatic rings. The van der Waals surface area contributed by atoms with Crippen LogP contribution in [0.5, 0.6) is 5.75 Å². The van der Waals surface area contributed by atoms with Gasteiger partial charge in [0.05, 0.1) is 45.6 Å². The predicted octanol–water partition coefficient (Wildman–Crippen LogP) is 7.73. The highest BCUT2D eigenvalue weighted by Crippen LogP contribution is 2.35. The number of benzene rings is 4. The van der Waals surface area contributed by atoms with E-state index < -0.39 is 29.6 Å². The highest BCUT2D eigenvalue weighted by molar-refractivity contribution is 7.22. The SMILES string of the molecule is Cc1ncsc1-c1ccc(CNC(=O)[C@@H]2C[C@@H](O)CN2C(=O)[C@@H](NC(=O)CN2CC(CN3CC(C#Cc4ccc(OCCCc5sc(N6CCc7cccc(C(=O)Nc8nc9ccccc9s8)c7C6)nc5C(=O)O)cc4)C3)C2)C(C)(C)C)cc1. The standard InChI is InChI=1S/C63H68N10O8S3/c1-38-55(82-37-65-38)44-20-16-40(17-21-44)28-64-58(77)50-27-45(74)34-73(50)59(78)56(63(2,3)4)67-53(75)36-71-32-42(33-71)31-70-29-41(30-70)15-14-39-18-22-46(23-19-39)81-26-8-13-52-54(60(79)80)68-62(84-52)72-25-24-43-9-7-10-47(48(43)35-72)57(76)69-61-66-49-11-5-6-12-51(49)83-61/h5-7,9-12,16-23,37,41-42,45,50,56,74H,8,13,24-36H2,1-4H3,(H,64,77)(H,67,75)(H,79,80)(H,66,69,76)/t45-,50+,56-/m1/s1. The molecule has 0 spiro atoms. The van der Waals surface area contributed by atoms with Crippen LogP contribution in [0.3, 0.4) is 0 Å². The Balaban J connectivity index is 0.583. The minimum absolute atomic E-state index is 0.0149. The summed E-state index contributed by atoms with van der Waals surface area (Å²) in [5, 5.41) is 30.9.